The van der Waals surface area contributed by atoms with E-state index in [-0.39, 0.29) is 29.4 Å². The second-order valence-electron chi connectivity index (χ2n) is 7.92. The van der Waals surface area contributed by atoms with E-state index in [1.165, 1.54) is 19.6 Å². The highest BCUT2D eigenvalue weighted by molar-refractivity contribution is 6.15. The highest BCUT2D eigenvalue weighted by atomic mass is 17.2. The quantitative estimate of drug-likeness (QED) is 0.322. The van der Waals surface area contributed by atoms with E-state index >= 15 is 0 Å². The number of carbonyl (C=O) groups is 2. The lowest BCUT2D eigenvalue weighted by Gasteiger charge is -2.66. The second kappa shape index (κ2) is 5.93. The van der Waals surface area contributed by atoms with E-state index in [9.17, 15) is 9.59 Å². The number of amides is 2. The zero-order valence-corrected chi connectivity index (χ0v) is 15.1. The number of imide groups is 1. The molecule has 0 aromatic carbocycles. The van der Waals surface area contributed by atoms with Crippen molar-refractivity contribution in [1.29, 1.82) is 0 Å². The molecule has 3 aliphatic carbocycles. The lowest BCUT2D eigenvalue weighted by molar-refractivity contribution is -0.479. The molecule has 3 saturated carbocycles. The standard InChI is InChI=1S/C18H27NO5/c1-11-8-14(20)19(16(11)21)10-15(22-5)23-24-18-9-13(17(18,3)4)7-6-12(18)2/h8,12-13,15H,6-7,9-10H2,1-5H3. The van der Waals surface area contributed by atoms with Gasteiger partial charge in [-0.15, -0.1) is 0 Å². The van der Waals surface area contributed by atoms with Gasteiger partial charge in [0.25, 0.3) is 11.8 Å². The van der Waals surface area contributed by atoms with Crippen LogP contribution in [0.4, 0.5) is 0 Å². The maximum absolute atomic E-state index is 12.0. The predicted octanol–water partition coefficient (Wildman–Crippen LogP) is 2.44. The maximum atomic E-state index is 12.0. The van der Waals surface area contributed by atoms with E-state index in [2.05, 4.69) is 20.8 Å². The molecular weight excluding hydrogens is 310 g/mol. The smallest absolute Gasteiger partial charge is 0.256 e. The Morgan fingerprint density at radius 2 is 2.04 bits per heavy atom. The van der Waals surface area contributed by atoms with Crippen LogP contribution in [0, 0.1) is 17.3 Å². The third kappa shape index (κ3) is 2.43. The summed E-state index contributed by atoms with van der Waals surface area (Å²) in [5, 5.41) is 0. The first kappa shape index (κ1) is 17.6. The topological polar surface area (TPSA) is 65.1 Å². The van der Waals surface area contributed by atoms with Crippen LogP contribution in [0.3, 0.4) is 0 Å². The van der Waals surface area contributed by atoms with Crippen LogP contribution in [-0.2, 0) is 24.1 Å². The van der Waals surface area contributed by atoms with Gasteiger partial charge in [-0.05, 0) is 38.0 Å². The predicted molar refractivity (Wildman–Crippen MR) is 86.5 cm³/mol. The molecule has 2 bridgehead atoms. The van der Waals surface area contributed by atoms with E-state index in [0.717, 1.165) is 17.7 Å². The molecule has 24 heavy (non-hydrogen) atoms. The van der Waals surface area contributed by atoms with Gasteiger partial charge in [0.2, 0.25) is 6.29 Å². The van der Waals surface area contributed by atoms with Crippen LogP contribution in [0.25, 0.3) is 0 Å². The summed E-state index contributed by atoms with van der Waals surface area (Å²) in [4.78, 5) is 36.5. The molecule has 134 valence electrons. The van der Waals surface area contributed by atoms with E-state index in [1.807, 2.05) is 0 Å². The van der Waals surface area contributed by atoms with Crippen molar-refractivity contribution in [3.63, 3.8) is 0 Å². The van der Waals surface area contributed by atoms with Crippen LogP contribution in [0.1, 0.15) is 47.0 Å². The number of rotatable bonds is 6. The minimum absolute atomic E-state index is 0.0241. The van der Waals surface area contributed by atoms with Gasteiger partial charge in [0.15, 0.2) is 0 Å². The summed E-state index contributed by atoms with van der Waals surface area (Å²) in [5.41, 5.74) is 0.165. The Hall–Kier alpha value is -1.24. The second-order valence-corrected chi connectivity index (χ2v) is 7.92. The number of carbonyl (C=O) groups excluding carboxylic acids is 2. The van der Waals surface area contributed by atoms with Crippen molar-refractivity contribution < 1.29 is 24.1 Å². The molecule has 2 amide bonds. The molecule has 6 nitrogen and oxygen atoms in total. The molecule has 1 heterocycles. The van der Waals surface area contributed by atoms with Crippen molar-refractivity contribution in [3.05, 3.63) is 11.6 Å². The van der Waals surface area contributed by atoms with Gasteiger partial charge in [0.1, 0.15) is 5.60 Å². The number of methoxy groups -OCH3 is 1. The summed E-state index contributed by atoms with van der Waals surface area (Å²) < 4.78 is 5.28. The summed E-state index contributed by atoms with van der Waals surface area (Å²) in [7, 11) is 1.48. The molecule has 0 aromatic heterocycles. The minimum atomic E-state index is -0.796. The highest BCUT2D eigenvalue weighted by Crippen LogP contribution is 2.65. The van der Waals surface area contributed by atoms with Crippen LogP contribution in [-0.4, -0.2) is 42.3 Å². The van der Waals surface area contributed by atoms with Gasteiger partial charge < -0.3 is 4.74 Å². The third-order valence-electron chi connectivity index (χ3n) is 6.49. The average molecular weight is 337 g/mol. The van der Waals surface area contributed by atoms with Crippen molar-refractivity contribution >= 4 is 11.8 Å². The Bertz CT molecular complexity index is 584. The van der Waals surface area contributed by atoms with Crippen LogP contribution in [0.15, 0.2) is 11.6 Å². The molecule has 4 aliphatic rings. The van der Waals surface area contributed by atoms with Crippen molar-refractivity contribution in [2.75, 3.05) is 13.7 Å². The van der Waals surface area contributed by atoms with Crippen LogP contribution in [0.2, 0.25) is 0 Å². The van der Waals surface area contributed by atoms with Crippen molar-refractivity contribution in [1.82, 2.24) is 4.90 Å². The van der Waals surface area contributed by atoms with E-state index in [4.69, 9.17) is 14.5 Å². The zero-order chi connectivity index (χ0) is 17.7. The normalized spacial score (nSPS) is 35.7. The number of hydrogen-bond acceptors (Lipinski definition) is 5. The molecule has 3 fully saturated rings. The van der Waals surface area contributed by atoms with Crippen molar-refractivity contribution in [2.45, 2.75) is 58.8 Å². The first-order valence-corrected chi connectivity index (χ1v) is 8.64. The summed E-state index contributed by atoms with van der Waals surface area (Å²) >= 11 is 0. The fourth-order valence-electron chi connectivity index (χ4n) is 4.55. The molecule has 4 rings (SSSR count). The van der Waals surface area contributed by atoms with E-state index < -0.39 is 6.29 Å². The van der Waals surface area contributed by atoms with E-state index in [0.29, 0.717) is 17.4 Å². The monoisotopic (exact) mass is 337 g/mol. The molecular formula is C18H27NO5. The van der Waals surface area contributed by atoms with Crippen LogP contribution in [0.5, 0.6) is 0 Å². The number of fused-ring (bicyclic) bond motifs is 2. The fourth-order valence-corrected chi connectivity index (χ4v) is 4.55. The molecule has 0 saturated heterocycles. The van der Waals surface area contributed by atoms with Gasteiger partial charge in [-0.2, -0.15) is 0 Å². The Morgan fingerprint density at radius 3 is 2.54 bits per heavy atom. The largest absolute Gasteiger partial charge is 0.352 e. The van der Waals surface area contributed by atoms with Crippen molar-refractivity contribution in [3.8, 4) is 0 Å². The van der Waals surface area contributed by atoms with Gasteiger partial charge in [-0.3, -0.25) is 14.5 Å². The molecule has 4 atom stereocenters. The van der Waals surface area contributed by atoms with Gasteiger partial charge in [-0.25, -0.2) is 9.78 Å². The number of nitrogens with zero attached hydrogens (tertiary/aromatic N) is 1. The lowest BCUT2D eigenvalue weighted by Crippen LogP contribution is -2.68. The Labute approximate surface area is 143 Å². The van der Waals surface area contributed by atoms with Crippen molar-refractivity contribution in [2.24, 2.45) is 17.3 Å². The summed E-state index contributed by atoms with van der Waals surface area (Å²) in [5.74, 6) is 0.413. The van der Waals surface area contributed by atoms with Gasteiger partial charge in [-0.1, -0.05) is 20.8 Å². The first-order chi connectivity index (χ1) is 11.2. The summed E-state index contributed by atoms with van der Waals surface area (Å²) in [6, 6.07) is 0. The molecule has 0 aromatic rings. The molecule has 1 aliphatic heterocycles. The molecule has 0 radical (unpaired) electrons. The Kier molecular flexibility index (Phi) is 4.35. The summed E-state index contributed by atoms with van der Waals surface area (Å²) in [6.07, 6.45) is 3.88. The van der Waals surface area contributed by atoms with Gasteiger partial charge in [0.05, 0.1) is 6.54 Å². The van der Waals surface area contributed by atoms with Gasteiger partial charge in [0, 0.05) is 24.2 Å². The van der Waals surface area contributed by atoms with Gasteiger partial charge >= 0.3 is 0 Å². The Balaban J connectivity index is 1.63. The third-order valence-corrected chi connectivity index (χ3v) is 6.49. The molecule has 4 unspecified atom stereocenters. The minimum Gasteiger partial charge on any atom is -0.352 e. The fraction of sp³-hybridized carbons (Fsp3) is 0.778. The SMILES string of the molecule is COC(CN1C(=O)C=C(C)C1=O)OOC12CC(CCC1C)C2(C)C. The number of hydrogen-bond donors (Lipinski definition) is 0. The van der Waals surface area contributed by atoms with Crippen LogP contribution < -0.4 is 0 Å². The first-order valence-electron chi connectivity index (χ1n) is 8.64. The molecule has 0 spiro atoms. The van der Waals surface area contributed by atoms with Crippen LogP contribution >= 0.6 is 0 Å². The maximum Gasteiger partial charge on any atom is 0.256 e. The van der Waals surface area contributed by atoms with E-state index in [1.54, 1.807) is 6.92 Å². The summed E-state index contributed by atoms with van der Waals surface area (Å²) in [6.45, 7) is 8.30. The highest BCUT2D eigenvalue weighted by Gasteiger charge is 2.67. The zero-order valence-electron chi connectivity index (χ0n) is 15.1. The number of ether oxygens (including phenoxy) is 1. The lowest BCUT2D eigenvalue weighted by atomic mass is 9.43. The Morgan fingerprint density at radius 1 is 1.33 bits per heavy atom. The molecule has 6 heteroatoms. The molecule has 0 N–H and O–H groups in total. The average Bonchev–Trinajstić information content (AvgIpc) is 2.77.